The molecular formula is C21H24N4O3. The number of hydrogen-bond donors (Lipinski definition) is 0. The molecule has 0 bridgehead atoms. The SMILES string of the molecule is COc1ccc(-c2nc(N3CCOCC3)cc3c2CN(CC2CC2)C3=O)cn1. The lowest BCUT2D eigenvalue weighted by molar-refractivity contribution is 0.0771. The van der Waals surface area contributed by atoms with Gasteiger partial charge in [-0.3, -0.25) is 4.79 Å². The number of ether oxygens (including phenoxy) is 2. The van der Waals surface area contributed by atoms with Gasteiger partial charge < -0.3 is 19.3 Å². The van der Waals surface area contributed by atoms with Crippen LogP contribution in [0.3, 0.4) is 0 Å². The first-order valence-corrected chi connectivity index (χ1v) is 9.89. The zero-order valence-corrected chi connectivity index (χ0v) is 16.1. The van der Waals surface area contributed by atoms with Gasteiger partial charge in [0.05, 0.1) is 31.6 Å². The van der Waals surface area contributed by atoms with Crippen LogP contribution in [-0.4, -0.2) is 60.7 Å². The molecule has 28 heavy (non-hydrogen) atoms. The largest absolute Gasteiger partial charge is 0.481 e. The van der Waals surface area contributed by atoms with Gasteiger partial charge in [-0.25, -0.2) is 9.97 Å². The summed E-state index contributed by atoms with van der Waals surface area (Å²) in [6.45, 7) is 4.40. The fourth-order valence-electron chi connectivity index (χ4n) is 3.94. The van der Waals surface area contributed by atoms with Crippen LogP contribution in [0.15, 0.2) is 24.4 Å². The van der Waals surface area contributed by atoms with Gasteiger partial charge in [0.25, 0.3) is 5.91 Å². The molecule has 3 aliphatic rings. The molecule has 1 saturated heterocycles. The Morgan fingerprint density at radius 2 is 2.07 bits per heavy atom. The number of hydrogen-bond acceptors (Lipinski definition) is 6. The quantitative estimate of drug-likeness (QED) is 0.793. The average Bonchev–Trinajstić information content (AvgIpc) is 3.52. The number of carbonyl (C=O) groups excluding carboxylic acids is 1. The molecule has 7 heteroatoms. The van der Waals surface area contributed by atoms with Crippen LogP contribution in [0.2, 0.25) is 0 Å². The molecule has 0 radical (unpaired) electrons. The van der Waals surface area contributed by atoms with E-state index in [-0.39, 0.29) is 5.91 Å². The third-order valence-electron chi connectivity index (χ3n) is 5.71. The fourth-order valence-corrected chi connectivity index (χ4v) is 3.94. The molecule has 0 N–H and O–H groups in total. The standard InChI is InChI=1S/C21H24N4O3/c1-27-19-5-4-15(11-22-19)20-17-13-25(12-14-2-3-14)21(26)16(17)10-18(23-20)24-6-8-28-9-7-24/h4-5,10-11,14H,2-3,6-9,12-13H2,1H3. The summed E-state index contributed by atoms with van der Waals surface area (Å²) in [5.74, 6) is 2.20. The van der Waals surface area contributed by atoms with Crippen LogP contribution in [0.4, 0.5) is 5.82 Å². The summed E-state index contributed by atoms with van der Waals surface area (Å²) in [5.41, 5.74) is 3.55. The van der Waals surface area contributed by atoms with Crippen LogP contribution >= 0.6 is 0 Å². The summed E-state index contributed by atoms with van der Waals surface area (Å²) in [5, 5.41) is 0. The molecule has 4 heterocycles. The summed E-state index contributed by atoms with van der Waals surface area (Å²) in [6.07, 6.45) is 4.23. The van der Waals surface area contributed by atoms with Crippen LogP contribution in [0.25, 0.3) is 11.3 Å². The number of methoxy groups -OCH3 is 1. The Morgan fingerprint density at radius 3 is 2.75 bits per heavy atom. The average molecular weight is 380 g/mol. The van der Waals surface area contributed by atoms with E-state index in [1.54, 1.807) is 13.3 Å². The third kappa shape index (κ3) is 3.20. The topological polar surface area (TPSA) is 67.8 Å². The van der Waals surface area contributed by atoms with Crippen molar-refractivity contribution in [2.75, 3.05) is 44.9 Å². The van der Waals surface area contributed by atoms with Gasteiger partial charge >= 0.3 is 0 Å². The monoisotopic (exact) mass is 380 g/mol. The van der Waals surface area contributed by atoms with E-state index in [0.717, 1.165) is 47.8 Å². The smallest absolute Gasteiger partial charge is 0.254 e. The minimum Gasteiger partial charge on any atom is -0.481 e. The van der Waals surface area contributed by atoms with Crippen molar-refractivity contribution in [2.45, 2.75) is 19.4 Å². The number of fused-ring (bicyclic) bond motifs is 1. The maximum atomic E-state index is 13.1. The fraction of sp³-hybridized carbons (Fsp3) is 0.476. The molecule has 1 saturated carbocycles. The predicted octanol–water partition coefficient (Wildman–Crippen LogP) is 2.35. The molecule has 5 rings (SSSR count). The lowest BCUT2D eigenvalue weighted by Crippen LogP contribution is -2.37. The van der Waals surface area contributed by atoms with Crippen molar-refractivity contribution in [2.24, 2.45) is 5.92 Å². The van der Waals surface area contributed by atoms with Crippen LogP contribution < -0.4 is 9.64 Å². The molecule has 2 aliphatic heterocycles. The Kier molecular flexibility index (Phi) is 4.39. The van der Waals surface area contributed by atoms with Crippen molar-refractivity contribution in [1.82, 2.24) is 14.9 Å². The molecule has 1 aliphatic carbocycles. The normalized spacial score (nSPS) is 19.1. The molecule has 0 aromatic carbocycles. The number of morpholine rings is 1. The Balaban J connectivity index is 1.56. The highest BCUT2D eigenvalue weighted by Crippen LogP contribution is 2.37. The maximum Gasteiger partial charge on any atom is 0.254 e. The van der Waals surface area contributed by atoms with Crippen LogP contribution in [0.1, 0.15) is 28.8 Å². The molecule has 7 nitrogen and oxygen atoms in total. The molecular weight excluding hydrogens is 356 g/mol. The third-order valence-corrected chi connectivity index (χ3v) is 5.71. The van der Waals surface area contributed by atoms with Crippen LogP contribution in [0.5, 0.6) is 5.88 Å². The molecule has 2 fully saturated rings. The van der Waals surface area contributed by atoms with Gasteiger partial charge in [-0.1, -0.05) is 0 Å². The highest BCUT2D eigenvalue weighted by atomic mass is 16.5. The predicted molar refractivity (Wildman–Crippen MR) is 105 cm³/mol. The highest BCUT2D eigenvalue weighted by molar-refractivity contribution is 6.01. The lowest BCUT2D eigenvalue weighted by atomic mass is 10.0. The Bertz CT molecular complexity index is 889. The van der Waals surface area contributed by atoms with E-state index < -0.39 is 0 Å². The molecule has 2 aromatic heterocycles. The number of nitrogens with zero attached hydrogens (tertiary/aromatic N) is 4. The highest BCUT2D eigenvalue weighted by Gasteiger charge is 2.35. The lowest BCUT2D eigenvalue weighted by Gasteiger charge is -2.28. The molecule has 1 amide bonds. The Morgan fingerprint density at radius 1 is 1.25 bits per heavy atom. The van der Waals surface area contributed by atoms with Gasteiger partial charge in [-0.2, -0.15) is 0 Å². The summed E-state index contributed by atoms with van der Waals surface area (Å²) in [4.78, 5) is 26.6. The van der Waals surface area contributed by atoms with Gasteiger partial charge in [-0.15, -0.1) is 0 Å². The van der Waals surface area contributed by atoms with E-state index in [1.807, 2.05) is 23.1 Å². The number of aromatic nitrogens is 2. The van der Waals surface area contributed by atoms with Gasteiger partial charge in [0.1, 0.15) is 5.82 Å². The maximum absolute atomic E-state index is 13.1. The first-order chi connectivity index (χ1) is 13.7. The van der Waals surface area contributed by atoms with Gasteiger partial charge in [-0.05, 0) is 30.9 Å². The second kappa shape index (κ2) is 7.05. The number of anilines is 1. The van der Waals surface area contributed by atoms with E-state index in [9.17, 15) is 4.79 Å². The molecule has 0 unspecified atom stereocenters. The first-order valence-electron chi connectivity index (χ1n) is 9.89. The Hall–Kier alpha value is -2.67. The Labute approximate surface area is 164 Å². The second-order valence-electron chi connectivity index (χ2n) is 7.67. The number of amides is 1. The van der Waals surface area contributed by atoms with Gasteiger partial charge in [0.15, 0.2) is 0 Å². The number of rotatable bonds is 5. The van der Waals surface area contributed by atoms with Crippen molar-refractivity contribution in [1.29, 1.82) is 0 Å². The van der Waals surface area contributed by atoms with Crippen molar-refractivity contribution in [3.63, 3.8) is 0 Å². The van der Waals surface area contributed by atoms with E-state index in [1.165, 1.54) is 12.8 Å². The minimum atomic E-state index is 0.126. The van der Waals surface area contributed by atoms with E-state index >= 15 is 0 Å². The van der Waals surface area contributed by atoms with Crippen molar-refractivity contribution >= 4 is 11.7 Å². The number of pyridine rings is 2. The zero-order chi connectivity index (χ0) is 19.1. The molecule has 0 spiro atoms. The first kappa shape index (κ1) is 17.4. The zero-order valence-electron chi connectivity index (χ0n) is 16.1. The summed E-state index contributed by atoms with van der Waals surface area (Å²) in [7, 11) is 1.60. The second-order valence-corrected chi connectivity index (χ2v) is 7.67. The van der Waals surface area contributed by atoms with E-state index in [4.69, 9.17) is 14.5 Å². The van der Waals surface area contributed by atoms with Crippen LogP contribution in [-0.2, 0) is 11.3 Å². The van der Waals surface area contributed by atoms with Crippen molar-refractivity contribution in [3.8, 4) is 17.1 Å². The van der Waals surface area contributed by atoms with Crippen molar-refractivity contribution in [3.05, 3.63) is 35.5 Å². The molecule has 2 aromatic rings. The van der Waals surface area contributed by atoms with Crippen LogP contribution in [0, 0.1) is 5.92 Å². The summed E-state index contributed by atoms with van der Waals surface area (Å²) < 4.78 is 10.7. The van der Waals surface area contributed by atoms with Gasteiger partial charge in [0.2, 0.25) is 5.88 Å². The number of carbonyl (C=O) groups is 1. The minimum absolute atomic E-state index is 0.126. The van der Waals surface area contributed by atoms with E-state index in [0.29, 0.717) is 31.6 Å². The summed E-state index contributed by atoms with van der Waals surface area (Å²) >= 11 is 0. The summed E-state index contributed by atoms with van der Waals surface area (Å²) in [6, 6.07) is 5.77. The molecule has 0 atom stereocenters. The van der Waals surface area contributed by atoms with Crippen molar-refractivity contribution < 1.29 is 14.3 Å². The van der Waals surface area contributed by atoms with E-state index in [2.05, 4.69) is 9.88 Å². The van der Waals surface area contributed by atoms with Gasteiger partial charge in [0, 0.05) is 49.6 Å². The molecule has 146 valence electrons.